The number of rotatable bonds is 7. The second-order valence-corrected chi connectivity index (χ2v) is 7.87. The van der Waals surface area contributed by atoms with E-state index in [9.17, 15) is 4.79 Å². The van der Waals surface area contributed by atoms with Crippen LogP contribution in [0, 0.1) is 12.3 Å². The smallest absolute Gasteiger partial charge is 0.327 e. The van der Waals surface area contributed by atoms with Crippen molar-refractivity contribution in [1.29, 1.82) is 5.41 Å². The minimum atomic E-state index is -0.142. The van der Waals surface area contributed by atoms with Gasteiger partial charge in [0.25, 0.3) is 11.8 Å². The highest BCUT2D eigenvalue weighted by Gasteiger charge is 2.18. The molecule has 0 fully saturated rings. The third-order valence-corrected chi connectivity index (χ3v) is 5.08. The van der Waals surface area contributed by atoms with E-state index in [2.05, 4.69) is 19.9 Å². The topological polar surface area (TPSA) is 143 Å². The molecule has 34 heavy (non-hydrogen) atoms. The molecule has 4 N–H and O–H groups in total. The highest BCUT2D eigenvalue weighted by molar-refractivity contribution is 5.95. The Morgan fingerprint density at radius 1 is 1.09 bits per heavy atom. The first-order chi connectivity index (χ1) is 16.2. The fourth-order valence-electron chi connectivity index (χ4n) is 3.22. The normalized spacial score (nSPS) is 10.8. The average Bonchev–Trinajstić information content (AvgIpc) is 3.23. The van der Waals surface area contributed by atoms with Crippen LogP contribution in [0.3, 0.4) is 0 Å². The molecule has 4 aromatic rings. The van der Waals surface area contributed by atoms with Crippen LogP contribution in [0.15, 0.2) is 42.5 Å². The second-order valence-electron chi connectivity index (χ2n) is 7.87. The number of aryl methyl sites for hydroxylation is 2. The van der Waals surface area contributed by atoms with Crippen molar-refractivity contribution in [3.05, 3.63) is 65.0 Å². The maximum Gasteiger partial charge on any atom is 0.327 e. The minimum Gasteiger partial charge on any atom is -0.437 e. The first-order valence-electron chi connectivity index (χ1n) is 10.6. The van der Waals surface area contributed by atoms with E-state index in [1.165, 1.54) is 4.90 Å². The number of hydrogen-bond donors (Lipinski definition) is 3. The van der Waals surface area contributed by atoms with Gasteiger partial charge in [0.1, 0.15) is 23.2 Å². The molecular formula is C24H25N7O3. The second kappa shape index (κ2) is 9.18. The molecule has 0 aliphatic heterocycles. The lowest BCUT2D eigenvalue weighted by Crippen LogP contribution is -2.21. The van der Waals surface area contributed by atoms with Gasteiger partial charge in [0.15, 0.2) is 11.2 Å². The average molecular weight is 460 g/mol. The first-order valence-corrected chi connectivity index (χ1v) is 10.6. The number of aromatic nitrogens is 4. The number of carbonyl (C=O) groups excluding carboxylic acids is 1. The lowest BCUT2D eigenvalue weighted by Gasteiger charge is -2.12. The summed E-state index contributed by atoms with van der Waals surface area (Å²) < 4.78 is 12.0. The van der Waals surface area contributed by atoms with Gasteiger partial charge in [0.2, 0.25) is 0 Å². The van der Waals surface area contributed by atoms with Gasteiger partial charge in [-0.15, -0.1) is 0 Å². The van der Waals surface area contributed by atoms with Gasteiger partial charge in [-0.1, -0.05) is 25.1 Å². The summed E-state index contributed by atoms with van der Waals surface area (Å²) in [5.74, 6) is 1.58. The van der Waals surface area contributed by atoms with E-state index < -0.39 is 0 Å². The number of carbonyl (C=O) groups is 1. The zero-order chi connectivity index (χ0) is 24.4. The standard InChI is InChI=1S/C24H25N7O3/c1-5-18-27-19-21(28-18)29-24(34-17-12-14(20(25)26)10-9-13(17)2)30-22(19)33-16-8-6-7-15(11-16)23(32)31(3)4/h6-12H,5H2,1-4H3,(H3,25,26)(H,27,28,29,30). The number of H-pyrrole nitrogens is 1. The van der Waals surface area contributed by atoms with Gasteiger partial charge >= 0.3 is 6.01 Å². The van der Waals surface area contributed by atoms with E-state index in [-0.39, 0.29) is 23.6 Å². The van der Waals surface area contributed by atoms with Crippen molar-refractivity contribution in [2.45, 2.75) is 20.3 Å². The van der Waals surface area contributed by atoms with Crippen LogP contribution < -0.4 is 15.2 Å². The van der Waals surface area contributed by atoms with E-state index in [1.54, 1.807) is 56.6 Å². The molecule has 0 unspecified atom stereocenters. The van der Waals surface area contributed by atoms with Crippen molar-refractivity contribution in [3.63, 3.8) is 0 Å². The summed E-state index contributed by atoms with van der Waals surface area (Å²) in [6.07, 6.45) is 0.665. The fourth-order valence-corrected chi connectivity index (χ4v) is 3.22. The lowest BCUT2D eigenvalue weighted by atomic mass is 10.1. The van der Waals surface area contributed by atoms with E-state index in [0.717, 1.165) is 11.4 Å². The molecule has 0 radical (unpaired) electrons. The van der Waals surface area contributed by atoms with Gasteiger partial charge in [-0.3, -0.25) is 10.2 Å². The predicted molar refractivity (Wildman–Crippen MR) is 128 cm³/mol. The molecule has 0 bridgehead atoms. The summed E-state index contributed by atoms with van der Waals surface area (Å²) in [6, 6.07) is 12.1. The number of nitrogen functional groups attached to an aromatic ring is 1. The zero-order valence-corrected chi connectivity index (χ0v) is 19.3. The highest BCUT2D eigenvalue weighted by atomic mass is 16.5. The van der Waals surface area contributed by atoms with Crippen LogP contribution in [-0.4, -0.2) is 50.7 Å². The summed E-state index contributed by atoms with van der Waals surface area (Å²) in [5.41, 5.74) is 8.35. The van der Waals surface area contributed by atoms with Crippen LogP contribution in [0.4, 0.5) is 0 Å². The molecule has 174 valence electrons. The fraction of sp³-hybridized carbons (Fsp3) is 0.208. The summed E-state index contributed by atoms with van der Waals surface area (Å²) in [6.45, 7) is 3.84. The molecule has 0 atom stereocenters. The Kier molecular flexibility index (Phi) is 6.13. The number of nitrogens with two attached hydrogens (primary N) is 1. The van der Waals surface area contributed by atoms with Gasteiger partial charge in [-0.05, 0) is 36.8 Å². The molecule has 2 aromatic carbocycles. The first kappa shape index (κ1) is 22.7. The Morgan fingerprint density at radius 2 is 1.88 bits per heavy atom. The van der Waals surface area contributed by atoms with E-state index in [4.69, 9.17) is 20.6 Å². The van der Waals surface area contributed by atoms with Crippen molar-refractivity contribution in [2.75, 3.05) is 14.1 Å². The van der Waals surface area contributed by atoms with Gasteiger partial charge in [-0.25, -0.2) is 4.98 Å². The number of aromatic amines is 1. The molecular weight excluding hydrogens is 434 g/mol. The van der Waals surface area contributed by atoms with Gasteiger partial charge in [0, 0.05) is 31.6 Å². The quantitative estimate of drug-likeness (QED) is 0.282. The van der Waals surface area contributed by atoms with E-state index >= 15 is 0 Å². The van der Waals surface area contributed by atoms with Crippen molar-refractivity contribution < 1.29 is 14.3 Å². The van der Waals surface area contributed by atoms with Crippen molar-refractivity contribution in [3.8, 4) is 23.4 Å². The van der Waals surface area contributed by atoms with Gasteiger partial charge < -0.3 is 25.1 Å². The number of benzene rings is 2. The molecule has 1 amide bonds. The maximum atomic E-state index is 12.4. The summed E-state index contributed by atoms with van der Waals surface area (Å²) in [4.78, 5) is 30.4. The Hall–Kier alpha value is -4.47. The molecule has 10 nitrogen and oxygen atoms in total. The van der Waals surface area contributed by atoms with Crippen LogP contribution in [0.5, 0.6) is 23.4 Å². The Bertz CT molecular complexity index is 1390. The lowest BCUT2D eigenvalue weighted by molar-refractivity contribution is 0.0827. The van der Waals surface area contributed by atoms with E-state index in [0.29, 0.717) is 40.2 Å². The van der Waals surface area contributed by atoms with Crippen LogP contribution in [0.2, 0.25) is 0 Å². The number of ether oxygens (including phenoxy) is 2. The number of amidine groups is 1. The minimum absolute atomic E-state index is 0.0399. The van der Waals surface area contributed by atoms with E-state index in [1.807, 2.05) is 13.8 Å². The van der Waals surface area contributed by atoms with Crippen LogP contribution in [0.25, 0.3) is 11.2 Å². The Balaban J connectivity index is 1.75. The van der Waals surface area contributed by atoms with Crippen LogP contribution >= 0.6 is 0 Å². The SMILES string of the molecule is CCc1nc2c(Oc3cccc(C(=O)N(C)C)c3)nc(Oc3cc(C(=N)N)ccc3C)nc2[nH]1. The Labute approximate surface area is 196 Å². The molecule has 2 aromatic heterocycles. The number of nitrogens with one attached hydrogen (secondary N) is 2. The van der Waals surface area contributed by atoms with Crippen LogP contribution in [-0.2, 0) is 6.42 Å². The molecule has 0 saturated heterocycles. The molecule has 10 heteroatoms. The molecule has 0 aliphatic carbocycles. The number of amides is 1. The molecule has 4 rings (SSSR count). The third kappa shape index (κ3) is 4.65. The summed E-state index contributed by atoms with van der Waals surface area (Å²) >= 11 is 0. The zero-order valence-electron chi connectivity index (χ0n) is 19.3. The van der Waals surface area contributed by atoms with Crippen LogP contribution in [0.1, 0.15) is 34.2 Å². The predicted octanol–water partition coefficient (Wildman–Crippen LogP) is 3.79. The molecule has 0 aliphatic rings. The summed E-state index contributed by atoms with van der Waals surface area (Å²) in [7, 11) is 3.37. The van der Waals surface area contributed by atoms with Crippen molar-refractivity contribution in [2.24, 2.45) is 5.73 Å². The van der Waals surface area contributed by atoms with Crippen molar-refractivity contribution >= 4 is 22.9 Å². The monoisotopic (exact) mass is 459 g/mol. The number of imidazole rings is 1. The number of hydrogen-bond acceptors (Lipinski definition) is 7. The maximum absolute atomic E-state index is 12.4. The number of nitrogens with zero attached hydrogens (tertiary/aromatic N) is 4. The molecule has 0 saturated carbocycles. The summed E-state index contributed by atoms with van der Waals surface area (Å²) in [5, 5.41) is 7.68. The molecule has 0 spiro atoms. The number of fused-ring (bicyclic) bond motifs is 1. The largest absolute Gasteiger partial charge is 0.437 e. The third-order valence-electron chi connectivity index (χ3n) is 5.08. The molecule has 2 heterocycles. The Morgan fingerprint density at radius 3 is 2.59 bits per heavy atom. The highest BCUT2D eigenvalue weighted by Crippen LogP contribution is 2.31. The van der Waals surface area contributed by atoms with Gasteiger partial charge in [-0.2, -0.15) is 9.97 Å². The van der Waals surface area contributed by atoms with Crippen molar-refractivity contribution in [1.82, 2.24) is 24.8 Å². The van der Waals surface area contributed by atoms with Gasteiger partial charge in [0.05, 0.1) is 0 Å².